The molecule has 2 aromatic rings. The first-order valence-corrected chi connectivity index (χ1v) is 5.97. The lowest BCUT2D eigenvalue weighted by Gasteiger charge is -2.11. The Bertz CT molecular complexity index is 585. The van der Waals surface area contributed by atoms with E-state index >= 15 is 0 Å². The molecule has 0 aromatic carbocycles. The molecule has 6 heteroatoms. The summed E-state index contributed by atoms with van der Waals surface area (Å²) in [6.45, 7) is 4.46. The number of fused-ring (bicyclic) bond motifs is 1. The average molecular weight is 245 g/mol. The maximum Gasteiger partial charge on any atom is 0.165 e. The predicted molar refractivity (Wildman–Crippen MR) is 66.6 cm³/mol. The van der Waals surface area contributed by atoms with Gasteiger partial charge in [0.15, 0.2) is 5.65 Å². The Morgan fingerprint density at radius 1 is 1.56 bits per heavy atom. The second-order valence-corrected chi connectivity index (χ2v) is 4.45. The highest BCUT2D eigenvalue weighted by molar-refractivity contribution is 5.69. The van der Waals surface area contributed by atoms with Crippen molar-refractivity contribution in [2.24, 2.45) is 5.73 Å². The lowest BCUT2D eigenvalue weighted by molar-refractivity contribution is 0.0592. The van der Waals surface area contributed by atoms with Crippen molar-refractivity contribution in [3.8, 4) is 0 Å². The zero-order valence-electron chi connectivity index (χ0n) is 10.0. The summed E-state index contributed by atoms with van der Waals surface area (Å²) in [7, 11) is 0. The van der Waals surface area contributed by atoms with Gasteiger partial charge in [0.25, 0.3) is 0 Å². The monoisotopic (exact) mass is 245 g/mol. The van der Waals surface area contributed by atoms with E-state index < -0.39 is 0 Å². The highest BCUT2D eigenvalue weighted by atomic mass is 16.5. The van der Waals surface area contributed by atoms with E-state index in [9.17, 15) is 0 Å². The molecule has 1 aliphatic heterocycles. The average Bonchev–Trinajstić information content (AvgIpc) is 2.94. The highest BCUT2D eigenvalue weighted by Crippen LogP contribution is 2.25. The first-order chi connectivity index (χ1) is 8.74. The van der Waals surface area contributed by atoms with E-state index in [1.54, 1.807) is 12.5 Å². The van der Waals surface area contributed by atoms with E-state index in [1.165, 1.54) is 0 Å². The standard InChI is InChI=1S/C12H15N5O/c1-8(13)5-10-14-6-9-12(16-10)17(7-15-9)11-3-2-4-18-11/h6-7,11H,1-5,13H2. The highest BCUT2D eigenvalue weighted by Gasteiger charge is 2.20. The molecule has 0 aliphatic carbocycles. The van der Waals surface area contributed by atoms with Gasteiger partial charge in [0.2, 0.25) is 0 Å². The molecule has 1 fully saturated rings. The zero-order chi connectivity index (χ0) is 12.5. The zero-order valence-corrected chi connectivity index (χ0v) is 10.0. The van der Waals surface area contributed by atoms with Gasteiger partial charge in [-0.1, -0.05) is 6.58 Å². The Morgan fingerprint density at radius 3 is 3.17 bits per heavy atom. The third kappa shape index (κ3) is 1.95. The molecule has 0 spiro atoms. The summed E-state index contributed by atoms with van der Waals surface area (Å²) in [6.07, 6.45) is 6.06. The molecule has 1 aliphatic rings. The van der Waals surface area contributed by atoms with Crippen molar-refractivity contribution in [1.29, 1.82) is 0 Å². The molecule has 3 heterocycles. The minimum absolute atomic E-state index is 0.0406. The molecule has 18 heavy (non-hydrogen) atoms. The smallest absolute Gasteiger partial charge is 0.165 e. The van der Waals surface area contributed by atoms with Crippen LogP contribution in [-0.2, 0) is 11.2 Å². The van der Waals surface area contributed by atoms with E-state index in [0.717, 1.165) is 30.6 Å². The van der Waals surface area contributed by atoms with Crippen LogP contribution in [-0.4, -0.2) is 26.1 Å². The molecule has 2 N–H and O–H groups in total. The summed E-state index contributed by atoms with van der Waals surface area (Å²) in [5, 5.41) is 0. The normalized spacial score (nSPS) is 19.4. The molecule has 0 amide bonds. The van der Waals surface area contributed by atoms with Gasteiger partial charge in [-0.3, -0.25) is 4.57 Å². The van der Waals surface area contributed by atoms with Gasteiger partial charge >= 0.3 is 0 Å². The summed E-state index contributed by atoms with van der Waals surface area (Å²) >= 11 is 0. The van der Waals surface area contributed by atoms with Gasteiger partial charge in [-0.2, -0.15) is 0 Å². The van der Waals surface area contributed by atoms with Crippen LogP contribution in [0.25, 0.3) is 11.2 Å². The van der Waals surface area contributed by atoms with Gasteiger partial charge in [-0.05, 0) is 12.8 Å². The molecule has 1 saturated heterocycles. The van der Waals surface area contributed by atoms with E-state index in [1.807, 2.05) is 4.57 Å². The van der Waals surface area contributed by atoms with Crippen LogP contribution in [0.5, 0.6) is 0 Å². The fraction of sp³-hybridized carbons (Fsp3) is 0.417. The SMILES string of the molecule is C=C(N)Cc1ncc2ncn(C3CCCO3)c2n1. The van der Waals surface area contributed by atoms with Crippen molar-refractivity contribution >= 4 is 11.2 Å². The molecule has 0 bridgehead atoms. The number of hydrogen-bond donors (Lipinski definition) is 1. The van der Waals surface area contributed by atoms with Crippen LogP contribution in [0.1, 0.15) is 24.9 Å². The second-order valence-electron chi connectivity index (χ2n) is 4.45. The lowest BCUT2D eigenvalue weighted by Crippen LogP contribution is -2.08. The second kappa shape index (κ2) is 4.38. The van der Waals surface area contributed by atoms with Crippen molar-refractivity contribution in [1.82, 2.24) is 19.5 Å². The fourth-order valence-electron chi connectivity index (χ4n) is 2.14. The first kappa shape index (κ1) is 11.2. The number of rotatable bonds is 3. The molecule has 3 rings (SSSR count). The predicted octanol–water partition coefficient (Wildman–Crippen LogP) is 1.15. The quantitative estimate of drug-likeness (QED) is 0.877. The summed E-state index contributed by atoms with van der Waals surface area (Å²) < 4.78 is 7.61. The maximum atomic E-state index is 5.65. The first-order valence-electron chi connectivity index (χ1n) is 5.97. The third-order valence-corrected chi connectivity index (χ3v) is 2.97. The van der Waals surface area contributed by atoms with Crippen LogP contribution in [0.15, 0.2) is 24.8 Å². The van der Waals surface area contributed by atoms with E-state index in [4.69, 9.17) is 10.5 Å². The third-order valence-electron chi connectivity index (χ3n) is 2.97. The van der Waals surface area contributed by atoms with Crippen LogP contribution >= 0.6 is 0 Å². The number of imidazole rings is 1. The molecular formula is C12H15N5O. The summed E-state index contributed by atoms with van der Waals surface area (Å²) in [6, 6.07) is 0. The van der Waals surface area contributed by atoms with Gasteiger partial charge in [-0.15, -0.1) is 0 Å². The van der Waals surface area contributed by atoms with Crippen LogP contribution < -0.4 is 5.73 Å². The summed E-state index contributed by atoms with van der Waals surface area (Å²) in [5.74, 6) is 0.662. The van der Waals surface area contributed by atoms with Crippen molar-refractivity contribution < 1.29 is 4.74 Å². The summed E-state index contributed by atoms with van der Waals surface area (Å²) in [4.78, 5) is 13.0. The van der Waals surface area contributed by atoms with Crippen LogP contribution in [0.4, 0.5) is 0 Å². The number of hydrogen-bond acceptors (Lipinski definition) is 5. The Balaban J connectivity index is 2.01. The van der Waals surface area contributed by atoms with Crippen LogP contribution in [0.3, 0.4) is 0 Å². The largest absolute Gasteiger partial charge is 0.402 e. The number of aromatic nitrogens is 4. The van der Waals surface area contributed by atoms with E-state index in [2.05, 4.69) is 21.5 Å². The fourth-order valence-corrected chi connectivity index (χ4v) is 2.14. The summed E-state index contributed by atoms with van der Waals surface area (Å²) in [5.41, 5.74) is 7.71. The van der Waals surface area contributed by atoms with Crippen LogP contribution in [0, 0.1) is 0 Å². The Morgan fingerprint density at radius 2 is 2.44 bits per heavy atom. The maximum absolute atomic E-state index is 5.65. The van der Waals surface area contributed by atoms with Gasteiger partial charge in [0.1, 0.15) is 17.6 Å². The van der Waals surface area contributed by atoms with Gasteiger partial charge < -0.3 is 10.5 Å². The Kier molecular flexibility index (Phi) is 2.71. The molecule has 94 valence electrons. The Hall–Kier alpha value is -1.95. The van der Waals surface area contributed by atoms with Gasteiger partial charge in [0, 0.05) is 18.7 Å². The van der Waals surface area contributed by atoms with Crippen molar-refractivity contribution in [3.63, 3.8) is 0 Å². The minimum Gasteiger partial charge on any atom is -0.402 e. The molecule has 6 nitrogen and oxygen atoms in total. The van der Waals surface area contributed by atoms with Gasteiger partial charge in [-0.25, -0.2) is 15.0 Å². The lowest BCUT2D eigenvalue weighted by atomic mass is 10.3. The van der Waals surface area contributed by atoms with Gasteiger partial charge in [0.05, 0.1) is 12.5 Å². The number of nitrogens with two attached hydrogens (primary N) is 1. The number of allylic oxidation sites excluding steroid dienone is 1. The Labute approximate surface area is 105 Å². The minimum atomic E-state index is 0.0406. The molecule has 2 aromatic heterocycles. The molecule has 0 saturated carbocycles. The molecule has 1 atom stereocenters. The van der Waals surface area contributed by atoms with E-state index in [-0.39, 0.29) is 6.23 Å². The molecule has 0 radical (unpaired) electrons. The molecular weight excluding hydrogens is 230 g/mol. The number of nitrogens with zero attached hydrogens (tertiary/aromatic N) is 4. The van der Waals surface area contributed by atoms with Crippen molar-refractivity contribution in [2.45, 2.75) is 25.5 Å². The van der Waals surface area contributed by atoms with Crippen molar-refractivity contribution in [2.75, 3.05) is 6.61 Å². The molecule has 1 unspecified atom stereocenters. The number of ether oxygens (including phenoxy) is 1. The topological polar surface area (TPSA) is 78.8 Å². The van der Waals surface area contributed by atoms with Crippen LogP contribution in [0.2, 0.25) is 0 Å². The van der Waals surface area contributed by atoms with Crippen molar-refractivity contribution in [3.05, 3.63) is 30.6 Å². The van der Waals surface area contributed by atoms with E-state index in [0.29, 0.717) is 17.9 Å².